The Morgan fingerprint density at radius 1 is 0.778 bits per heavy atom. The van der Waals surface area contributed by atoms with E-state index in [0.29, 0.717) is 0 Å². The molecule has 3 heteroatoms. The number of hydrogen-bond donors (Lipinski definition) is 0. The summed E-state index contributed by atoms with van der Waals surface area (Å²) in [6, 6.07) is 7.81. The van der Waals surface area contributed by atoms with E-state index in [-0.39, 0.29) is 0 Å². The highest BCUT2D eigenvalue weighted by Gasteiger charge is 2.03. The van der Waals surface area contributed by atoms with E-state index in [1.807, 2.05) is 0 Å². The first-order valence-corrected chi connectivity index (χ1v) is 6.31. The van der Waals surface area contributed by atoms with Gasteiger partial charge in [0.2, 0.25) is 0 Å². The van der Waals surface area contributed by atoms with Crippen LogP contribution in [0.1, 0.15) is 16.7 Å². The fourth-order valence-corrected chi connectivity index (χ4v) is 1.83. The van der Waals surface area contributed by atoms with Crippen molar-refractivity contribution < 1.29 is 14.2 Å². The lowest BCUT2D eigenvalue weighted by Gasteiger charge is -2.09. The molecule has 0 amide bonds. The molecule has 0 unspecified atom stereocenters. The summed E-state index contributed by atoms with van der Waals surface area (Å²) in [5.41, 5.74) is 3.71. The van der Waals surface area contributed by atoms with E-state index in [9.17, 15) is 0 Å². The maximum absolute atomic E-state index is 5.13. The van der Waals surface area contributed by atoms with Gasteiger partial charge >= 0.3 is 0 Å². The first kappa shape index (κ1) is 15.2. The topological polar surface area (TPSA) is 27.7 Å². The predicted octanol–water partition coefficient (Wildman–Crippen LogP) is 2.05. The van der Waals surface area contributed by atoms with Crippen molar-refractivity contribution in [3.8, 4) is 0 Å². The third-order valence-electron chi connectivity index (χ3n) is 2.79. The van der Waals surface area contributed by atoms with Gasteiger partial charge in [0, 0.05) is 21.3 Å². The van der Waals surface area contributed by atoms with Crippen LogP contribution < -0.4 is 0 Å². The van der Waals surface area contributed by atoms with Gasteiger partial charge in [-0.2, -0.15) is 0 Å². The molecule has 1 aromatic rings. The lowest BCUT2D eigenvalue weighted by molar-refractivity contribution is 0.200. The van der Waals surface area contributed by atoms with Crippen molar-refractivity contribution in [3.05, 3.63) is 34.9 Å². The van der Waals surface area contributed by atoms with Crippen molar-refractivity contribution in [2.24, 2.45) is 0 Å². The fraction of sp³-hybridized carbons (Fsp3) is 0.600. The summed E-state index contributed by atoms with van der Waals surface area (Å²) in [6.45, 7) is 2.21. The van der Waals surface area contributed by atoms with Crippen LogP contribution in [-0.2, 0) is 33.5 Å². The van der Waals surface area contributed by atoms with Crippen LogP contribution in [-0.4, -0.2) is 41.2 Å². The maximum atomic E-state index is 5.13. The standard InChI is InChI=1S/C15H23O3/c1-16-7-4-13-10-14(5-8-17-2)12-15(11-13)6-9-18-3/h10-11H,4-9H2,1-3H3. The van der Waals surface area contributed by atoms with Crippen LogP contribution in [0.4, 0.5) is 0 Å². The second-order valence-electron chi connectivity index (χ2n) is 4.27. The smallest absolute Gasteiger partial charge is 0.0502 e. The highest BCUT2D eigenvalue weighted by molar-refractivity contribution is 5.29. The molecule has 0 aromatic heterocycles. The minimum Gasteiger partial charge on any atom is -0.384 e. The van der Waals surface area contributed by atoms with Gasteiger partial charge in [0.1, 0.15) is 0 Å². The third-order valence-corrected chi connectivity index (χ3v) is 2.79. The quantitative estimate of drug-likeness (QED) is 0.672. The monoisotopic (exact) mass is 251 g/mol. The van der Waals surface area contributed by atoms with Crippen LogP contribution in [0.15, 0.2) is 12.1 Å². The van der Waals surface area contributed by atoms with Crippen molar-refractivity contribution in [3.63, 3.8) is 0 Å². The molecule has 0 fully saturated rings. The molecule has 1 rings (SSSR count). The molecule has 0 saturated carbocycles. The zero-order chi connectivity index (χ0) is 13.2. The molecule has 0 aliphatic carbocycles. The van der Waals surface area contributed by atoms with E-state index >= 15 is 0 Å². The van der Waals surface area contributed by atoms with Gasteiger partial charge in [-0.1, -0.05) is 12.1 Å². The molecule has 18 heavy (non-hydrogen) atoms. The molecule has 0 heterocycles. The Morgan fingerprint density at radius 2 is 1.22 bits per heavy atom. The Morgan fingerprint density at radius 3 is 1.67 bits per heavy atom. The minimum atomic E-state index is 0.730. The van der Waals surface area contributed by atoms with E-state index in [1.165, 1.54) is 16.7 Å². The summed E-state index contributed by atoms with van der Waals surface area (Å²) in [5, 5.41) is 0. The first-order chi connectivity index (χ1) is 8.80. The number of benzene rings is 1. The largest absolute Gasteiger partial charge is 0.384 e. The molecule has 1 aromatic carbocycles. The third kappa shape index (κ3) is 5.63. The molecule has 1 radical (unpaired) electrons. The molecule has 0 N–H and O–H groups in total. The fourth-order valence-electron chi connectivity index (χ4n) is 1.83. The molecule has 0 atom stereocenters. The summed E-state index contributed by atoms with van der Waals surface area (Å²) in [6.07, 6.45) is 2.74. The Bertz CT molecular complexity index is 272. The normalized spacial score (nSPS) is 10.8. The van der Waals surface area contributed by atoms with Gasteiger partial charge in [0.05, 0.1) is 19.8 Å². The van der Waals surface area contributed by atoms with Crippen molar-refractivity contribution >= 4 is 0 Å². The van der Waals surface area contributed by atoms with Crippen LogP contribution in [0.3, 0.4) is 0 Å². The summed E-state index contributed by atoms with van der Waals surface area (Å²) >= 11 is 0. The second-order valence-corrected chi connectivity index (χ2v) is 4.27. The molecular formula is C15H23O3. The van der Waals surface area contributed by atoms with Gasteiger partial charge in [-0.25, -0.2) is 0 Å². The van der Waals surface area contributed by atoms with E-state index < -0.39 is 0 Å². The first-order valence-electron chi connectivity index (χ1n) is 6.31. The highest BCUT2D eigenvalue weighted by atomic mass is 16.5. The SMILES string of the molecule is COCCc1[c]c(CCOC)cc(CCOC)c1. The van der Waals surface area contributed by atoms with E-state index in [2.05, 4.69) is 18.2 Å². The molecule has 0 aliphatic rings. The van der Waals surface area contributed by atoms with Gasteiger partial charge in [-0.3, -0.25) is 0 Å². The summed E-state index contributed by atoms with van der Waals surface area (Å²) in [5.74, 6) is 0. The second kappa shape index (κ2) is 9.09. The van der Waals surface area contributed by atoms with Crippen LogP contribution in [0.5, 0.6) is 0 Å². The van der Waals surface area contributed by atoms with Crippen LogP contribution >= 0.6 is 0 Å². The minimum absolute atomic E-state index is 0.730. The van der Waals surface area contributed by atoms with Gasteiger partial charge in [0.15, 0.2) is 0 Å². The van der Waals surface area contributed by atoms with Gasteiger partial charge < -0.3 is 14.2 Å². The van der Waals surface area contributed by atoms with Gasteiger partial charge in [0.25, 0.3) is 0 Å². The van der Waals surface area contributed by atoms with Crippen LogP contribution in [0.2, 0.25) is 0 Å². The predicted molar refractivity (Wildman–Crippen MR) is 72.0 cm³/mol. The molecule has 0 spiro atoms. The zero-order valence-electron chi connectivity index (χ0n) is 11.6. The van der Waals surface area contributed by atoms with Crippen molar-refractivity contribution in [1.82, 2.24) is 0 Å². The summed E-state index contributed by atoms with van der Waals surface area (Å²) in [7, 11) is 5.17. The Labute approximate surface area is 110 Å². The number of methoxy groups -OCH3 is 3. The van der Waals surface area contributed by atoms with Gasteiger partial charge in [-0.05, 0) is 42.0 Å². The molecule has 0 saturated heterocycles. The molecule has 3 nitrogen and oxygen atoms in total. The lowest BCUT2D eigenvalue weighted by atomic mass is 10.0. The van der Waals surface area contributed by atoms with Crippen molar-refractivity contribution in [2.45, 2.75) is 19.3 Å². The van der Waals surface area contributed by atoms with E-state index in [0.717, 1.165) is 39.1 Å². The van der Waals surface area contributed by atoms with E-state index in [4.69, 9.17) is 14.2 Å². The lowest BCUT2D eigenvalue weighted by Crippen LogP contribution is -2.03. The van der Waals surface area contributed by atoms with Crippen molar-refractivity contribution in [1.29, 1.82) is 0 Å². The Hall–Kier alpha value is -0.900. The number of rotatable bonds is 9. The summed E-state index contributed by atoms with van der Waals surface area (Å²) < 4.78 is 15.4. The maximum Gasteiger partial charge on any atom is 0.0502 e. The molecular weight excluding hydrogens is 228 g/mol. The average molecular weight is 251 g/mol. The molecule has 0 aliphatic heterocycles. The Kier molecular flexibility index (Phi) is 7.65. The number of hydrogen-bond acceptors (Lipinski definition) is 3. The highest BCUT2D eigenvalue weighted by Crippen LogP contribution is 2.12. The van der Waals surface area contributed by atoms with Crippen LogP contribution in [0, 0.1) is 6.07 Å². The molecule has 0 bridgehead atoms. The summed E-state index contributed by atoms with van der Waals surface area (Å²) in [4.78, 5) is 0. The van der Waals surface area contributed by atoms with Crippen LogP contribution in [0.25, 0.3) is 0 Å². The number of ether oxygens (including phenoxy) is 3. The Balaban J connectivity index is 2.74. The van der Waals surface area contributed by atoms with Gasteiger partial charge in [-0.15, -0.1) is 0 Å². The molecule has 101 valence electrons. The van der Waals surface area contributed by atoms with Crippen molar-refractivity contribution in [2.75, 3.05) is 41.2 Å². The zero-order valence-corrected chi connectivity index (χ0v) is 11.6. The average Bonchev–Trinajstić information content (AvgIpc) is 2.40. The van der Waals surface area contributed by atoms with E-state index in [1.54, 1.807) is 21.3 Å².